The van der Waals surface area contributed by atoms with Crippen molar-refractivity contribution in [1.82, 2.24) is 9.13 Å². The normalized spacial score (nSPS) is 21.7. The smallest absolute Gasteiger partial charge is 0.335 e. The topological polar surface area (TPSA) is 126 Å². The minimum absolute atomic E-state index is 0.0382. The van der Waals surface area contributed by atoms with E-state index in [9.17, 15) is 14.2 Å². The Bertz CT molecular complexity index is 1530. The molecule has 0 N–H and O–H groups in total. The Balaban J connectivity index is 1.69. The molecule has 3 aromatic rings. The number of ether oxygens (including phenoxy) is 6. The highest BCUT2D eigenvalue weighted by Crippen LogP contribution is 2.46. The Hall–Kier alpha value is -2.93. The van der Waals surface area contributed by atoms with Gasteiger partial charge >= 0.3 is 5.69 Å². The summed E-state index contributed by atoms with van der Waals surface area (Å²) in [5.41, 5.74) is 1.02. The molecule has 13 heteroatoms. The third kappa shape index (κ3) is 9.33. The Morgan fingerprint density at radius 1 is 0.935 bits per heavy atom. The van der Waals surface area contributed by atoms with Crippen molar-refractivity contribution in [2.45, 2.75) is 64.4 Å². The molecule has 1 unspecified atom stereocenters. The van der Waals surface area contributed by atoms with E-state index >= 15 is 0 Å². The third-order valence-electron chi connectivity index (χ3n) is 7.66. The molecule has 0 bridgehead atoms. The maximum atomic E-state index is 13.9. The van der Waals surface area contributed by atoms with Gasteiger partial charge in [0.2, 0.25) is 7.37 Å². The highest BCUT2D eigenvalue weighted by Gasteiger charge is 2.51. The van der Waals surface area contributed by atoms with Crippen molar-refractivity contribution < 1.29 is 37.5 Å². The number of aromatic nitrogens is 2. The lowest BCUT2D eigenvalue weighted by Gasteiger charge is -2.30. The molecule has 0 radical (unpaired) electrons. The molecule has 1 aromatic heterocycles. The zero-order valence-electron chi connectivity index (χ0n) is 27.1. The van der Waals surface area contributed by atoms with Crippen molar-refractivity contribution in [3.8, 4) is 0 Å². The summed E-state index contributed by atoms with van der Waals surface area (Å²) in [6.07, 6.45) is -2.67. The highest BCUT2D eigenvalue weighted by molar-refractivity contribution is 7.58. The SMILES string of the molecule is CCOP(C)(=O)C[C@@H](OCc1ccccc1)[C@H]1O[C@@H](n2cc(C)c(=O)n(COCc3ccccc3)c2=O)[C@H](OCCOC)[C@@H]1OC. The van der Waals surface area contributed by atoms with Crippen LogP contribution in [0.4, 0.5) is 0 Å². The molecule has 0 aliphatic carbocycles. The fourth-order valence-electron chi connectivity index (χ4n) is 5.47. The lowest BCUT2D eigenvalue weighted by Crippen LogP contribution is -2.46. The predicted molar refractivity (Wildman–Crippen MR) is 172 cm³/mol. The van der Waals surface area contributed by atoms with E-state index in [4.69, 9.17) is 32.9 Å². The second-order valence-electron chi connectivity index (χ2n) is 11.2. The molecular weight excluding hydrogens is 615 g/mol. The summed E-state index contributed by atoms with van der Waals surface area (Å²) >= 11 is 0. The van der Waals surface area contributed by atoms with E-state index in [-0.39, 0.29) is 45.9 Å². The summed E-state index contributed by atoms with van der Waals surface area (Å²) in [6, 6.07) is 19.1. The molecule has 252 valence electrons. The minimum Gasteiger partial charge on any atom is -0.382 e. The zero-order valence-corrected chi connectivity index (χ0v) is 28.0. The molecule has 0 saturated carbocycles. The number of methoxy groups -OCH3 is 2. The molecule has 46 heavy (non-hydrogen) atoms. The number of nitrogens with zero attached hydrogens (tertiary/aromatic N) is 2. The van der Waals surface area contributed by atoms with Gasteiger partial charge in [0.25, 0.3) is 5.56 Å². The van der Waals surface area contributed by atoms with Gasteiger partial charge < -0.3 is 32.9 Å². The lowest BCUT2D eigenvalue weighted by molar-refractivity contribution is -0.111. The summed E-state index contributed by atoms with van der Waals surface area (Å²) in [5, 5.41) is 0. The van der Waals surface area contributed by atoms with E-state index < -0.39 is 49.3 Å². The van der Waals surface area contributed by atoms with E-state index in [2.05, 4.69) is 0 Å². The first kappa shape index (κ1) is 35.9. The van der Waals surface area contributed by atoms with Gasteiger partial charge in [0, 0.05) is 32.6 Å². The van der Waals surface area contributed by atoms with Crippen LogP contribution in [0.15, 0.2) is 76.4 Å². The van der Waals surface area contributed by atoms with Gasteiger partial charge in [-0.3, -0.25) is 13.9 Å². The highest BCUT2D eigenvalue weighted by atomic mass is 31.2. The van der Waals surface area contributed by atoms with Gasteiger partial charge in [-0.25, -0.2) is 9.36 Å². The number of hydrogen-bond acceptors (Lipinski definition) is 10. The van der Waals surface area contributed by atoms with E-state index in [1.54, 1.807) is 27.6 Å². The van der Waals surface area contributed by atoms with Gasteiger partial charge in [-0.05, 0) is 25.0 Å². The molecule has 0 spiro atoms. The van der Waals surface area contributed by atoms with E-state index in [0.717, 1.165) is 15.7 Å². The van der Waals surface area contributed by atoms with Gasteiger partial charge in [-0.1, -0.05) is 60.7 Å². The lowest BCUT2D eigenvalue weighted by atomic mass is 10.1. The van der Waals surface area contributed by atoms with Crippen LogP contribution in [-0.4, -0.2) is 80.4 Å². The standard InChI is InChI=1S/C33H45N2O10P/c1-6-44-46(5,38)22-27(43-21-26-15-11-8-12-16-26)28-29(40-4)30(42-18-17-39-3)32(45-28)34-19-24(2)31(36)35(33(34)37)23-41-20-25-13-9-7-10-14-25/h7-16,19,27-30,32H,6,17-18,20-23H2,1-5H3/t27-,28-,29-,30-,32-,46?/m1/s1. The molecule has 2 aromatic carbocycles. The average molecular weight is 661 g/mol. The minimum atomic E-state index is -3.12. The van der Waals surface area contributed by atoms with Crippen molar-refractivity contribution in [3.63, 3.8) is 0 Å². The van der Waals surface area contributed by atoms with Crippen molar-refractivity contribution in [2.75, 3.05) is 46.9 Å². The monoisotopic (exact) mass is 660 g/mol. The predicted octanol–water partition coefficient (Wildman–Crippen LogP) is 3.97. The van der Waals surface area contributed by atoms with Crippen molar-refractivity contribution in [1.29, 1.82) is 0 Å². The molecule has 2 heterocycles. The third-order valence-corrected chi connectivity index (χ3v) is 9.48. The zero-order chi connectivity index (χ0) is 33.1. The van der Waals surface area contributed by atoms with Crippen LogP contribution in [-0.2, 0) is 57.5 Å². The number of aryl methyl sites for hydroxylation is 1. The van der Waals surface area contributed by atoms with Crippen LogP contribution in [0.5, 0.6) is 0 Å². The van der Waals surface area contributed by atoms with Crippen molar-refractivity contribution in [2.24, 2.45) is 0 Å². The molecule has 1 aliphatic rings. The number of rotatable bonds is 18. The van der Waals surface area contributed by atoms with E-state index in [0.29, 0.717) is 5.56 Å². The quantitative estimate of drug-likeness (QED) is 0.146. The second kappa shape index (κ2) is 17.3. The Labute approximate surface area is 269 Å². The number of benzene rings is 2. The largest absolute Gasteiger partial charge is 0.382 e. The van der Waals surface area contributed by atoms with Crippen LogP contribution >= 0.6 is 7.37 Å². The number of hydrogen-bond donors (Lipinski definition) is 0. The van der Waals surface area contributed by atoms with Crippen LogP contribution in [0, 0.1) is 6.92 Å². The summed E-state index contributed by atoms with van der Waals surface area (Å²) in [5.74, 6) is 0. The summed E-state index contributed by atoms with van der Waals surface area (Å²) in [4.78, 5) is 27.0. The molecule has 1 aliphatic heterocycles. The first-order valence-corrected chi connectivity index (χ1v) is 17.5. The van der Waals surface area contributed by atoms with E-state index in [1.165, 1.54) is 17.9 Å². The second-order valence-corrected chi connectivity index (χ2v) is 13.8. The molecule has 1 saturated heterocycles. The van der Waals surface area contributed by atoms with Crippen molar-refractivity contribution in [3.05, 3.63) is 104 Å². The molecule has 12 nitrogen and oxygen atoms in total. The fraction of sp³-hybridized carbons (Fsp3) is 0.515. The summed E-state index contributed by atoms with van der Waals surface area (Å²) < 4.78 is 57.6. The van der Waals surface area contributed by atoms with Gasteiger partial charge in [-0.15, -0.1) is 0 Å². The summed E-state index contributed by atoms with van der Waals surface area (Å²) in [6.45, 7) is 5.88. The van der Waals surface area contributed by atoms with Crippen molar-refractivity contribution >= 4 is 7.37 Å². The first-order chi connectivity index (χ1) is 22.2. The Morgan fingerprint density at radius 2 is 1.59 bits per heavy atom. The first-order valence-electron chi connectivity index (χ1n) is 15.3. The summed E-state index contributed by atoms with van der Waals surface area (Å²) in [7, 11) is -0.0427. The molecule has 4 rings (SSSR count). The van der Waals surface area contributed by atoms with Crippen LogP contribution in [0.3, 0.4) is 0 Å². The molecule has 1 fully saturated rings. The molecule has 6 atom stereocenters. The van der Waals surface area contributed by atoms with Gasteiger partial charge in [-0.2, -0.15) is 0 Å². The van der Waals surface area contributed by atoms with Crippen LogP contribution in [0.2, 0.25) is 0 Å². The molecule has 0 amide bonds. The van der Waals surface area contributed by atoms with Gasteiger partial charge in [0.1, 0.15) is 25.0 Å². The maximum absolute atomic E-state index is 13.9. The maximum Gasteiger partial charge on any atom is 0.335 e. The molecular formula is C33H45N2O10P. The van der Waals surface area contributed by atoms with Gasteiger partial charge in [0.15, 0.2) is 6.23 Å². The fourth-order valence-corrected chi connectivity index (χ4v) is 7.08. The van der Waals surface area contributed by atoms with E-state index in [1.807, 2.05) is 60.7 Å². The van der Waals surface area contributed by atoms with Crippen LogP contribution < -0.4 is 11.2 Å². The van der Waals surface area contributed by atoms with Crippen LogP contribution in [0.25, 0.3) is 0 Å². The van der Waals surface area contributed by atoms with Gasteiger partial charge in [0.05, 0.1) is 45.3 Å². The van der Waals surface area contributed by atoms with Crippen LogP contribution in [0.1, 0.15) is 29.8 Å². The average Bonchev–Trinajstić information content (AvgIpc) is 3.41. The Kier molecular flexibility index (Phi) is 13.5. The Morgan fingerprint density at radius 3 is 2.20 bits per heavy atom.